The minimum atomic E-state index is -3.54. The Labute approximate surface area is 107 Å². The molecule has 1 unspecified atom stereocenters. The standard InChI is InChI=1S/C12H15ClO3S/c1-3-9(2)12(14)8-17(15,16)11-6-4-10(13)5-7-11/h4-7,9H,3,8H2,1-2H3. The van der Waals surface area contributed by atoms with Gasteiger partial charge >= 0.3 is 0 Å². The van der Waals surface area contributed by atoms with Crippen LogP contribution < -0.4 is 0 Å². The number of hydrogen-bond donors (Lipinski definition) is 0. The third-order valence-electron chi connectivity index (χ3n) is 2.67. The average Bonchev–Trinajstić information content (AvgIpc) is 2.27. The molecule has 0 aliphatic rings. The summed E-state index contributed by atoms with van der Waals surface area (Å²) in [6, 6.07) is 5.84. The molecule has 0 heterocycles. The van der Waals surface area contributed by atoms with Crippen LogP contribution in [0, 0.1) is 5.92 Å². The van der Waals surface area contributed by atoms with Crippen LogP contribution in [0.3, 0.4) is 0 Å². The quantitative estimate of drug-likeness (QED) is 0.830. The van der Waals surface area contributed by atoms with Crippen LogP contribution in [-0.2, 0) is 14.6 Å². The summed E-state index contributed by atoms with van der Waals surface area (Å²) >= 11 is 5.68. The van der Waals surface area contributed by atoms with Crippen molar-refractivity contribution in [3.8, 4) is 0 Å². The molecular formula is C12H15ClO3S. The Bertz CT molecular complexity index is 491. The molecule has 3 nitrogen and oxygen atoms in total. The molecule has 5 heteroatoms. The highest BCUT2D eigenvalue weighted by molar-refractivity contribution is 7.92. The van der Waals surface area contributed by atoms with Gasteiger partial charge in [-0.05, 0) is 30.7 Å². The Morgan fingerprint density at radius 3 is 2.29 bits per heavy atom. The van der Waals surface area contributed by atoms with Gasteiger partial charge in [0.15, 0.2) is 15.6 Å². The Balaban J connectivity index is 2.89. The predicted octanol–water partition coefficient (Wildman–Crippen LogP) is 2.73. The summed E-state index contributed by atoms with van der Waals surface area (Å²) in [6.07, 6.45) is 0.648. The van der Waals surface area contributed by atoms with Gasteiger partial charge in [0.2, 0.25) is 0 Å². The van der Waals surface area contributed by atoms with E-state index in [9.17, 15) is 13.2 Å². The summed E-state index contributed by atoms with van der Waals surface area (Å²) in [5.74, 6) is -0.913. The zero-order valence-corrected chi connectivity index (χ0v) is 11.4. The normalized spacial score (nSPS) is 13.4. The van der Waals surface area contributed by atoms with E-state index in [1.54, 1.807) is 6.92 Å². The smallest absolute Gasteiger partial charge is 0.185 e. The lowest BCUT2D eigenvalue weighted by Crippen LogP contribution is -2.21. The highest BCUT2D eigenvalue weighted by Gasteiger charge is 2.22. The molecule has 0 radical (unpaired) electrons. The predicted molar refractivity (Wildman–Crippen MR) is 68.0 cm³/mol. The zero-order valence-electron chi connectivity index (χ0n) is 9.81. The van der Waals surface area contributed by atoms with Gasteiger partial charge in [-0.25, -0.2) is 8.42 Å². The number of halogens is 1. The first-order valence-corrected chi connectivity index (χ1v) is 7.41. The van der Waals surface area contributed by atoms with Crippen molar-refractivity contribution in [3.05, 3.63) is 29.3 Å². The van der Waals surface area contributed by atoms with Crippen LogP contribution in [0.1, 0.15) is 20.3 Å². The SMILES string of the molecule is CCC(C)C(=O)CS(=O)(=O)c1ccc(Cl)cc1. The maximum Gasteiger partial charge on any atom is 0.185 e. The van der Waals surface area contributed by atoms with Gasteiger partial charge in [-0.1, -0.05) is 25.4 Å². The molecule has 17 heavy (non-hydrogen) atoms. The number of rotatable bonds is 5. The van der Waals surface area contributed by atoms with E-state index >= 15 is 0 Å². The molecule has 0 spiro atoms. The average molecular weight is 275 g/mol. The van der Waals surface area contributed by atoms with Crippen molar-refractivity contribution in [3.63, 3.8) is 0 Å². The van der Waals surface area contributed by atoms with E-state index in [1.807, 2.05) is 6.92 Å². The van der Waals surface area contributed by atoms with E-state index in [0.29, 0.717) is 11.4 Å². The van der Waals surface area contributed by atoms with E-state index in [0.717, 1.165) is 0 Å². The van der Waals surface area contributed by atoms with Gasteiger partial charge in [0.1, 0.15) is 5.75 Å². The fourth-order valence-electron chi connectivity index (χ4n) is 1.28. The Morgan fingerprint density at radius 1 is 1.29 bits per heavy atom. The lowest BCUT2D eigenvalue weighted by Gasteiger charge is -2.08. The van der Waals surface area contributed by atoms with Crippen molar-refractivity contribution in [1.29, 1.82) is 0 Å². The molecule has 0 bridgehead atoms. The largest absolute Gasteiger partial charge is 0.298 e. The first-order chi connectivity index (χ1) is 7.86. The second-order valence-corrected chi connectivity index (χ2v) is 6.41. The van der Waals surface area contributed by atoms with E-state index in [1.165, 1.54) is 24.3 Å². The Morgan fingerprint density at radius 2 is 1.82 bits per heavy atom. The molecule has 94 valence electrons. The van der Waals surface area contributed by atoms with Crippen LogP contribution >= 0.6 is 11.6 Å². The fraction of sp³-hybridized carbons (Fsp3) is 0.417. The van der Waals surface area contributed by atoms with Gasteiger partial charge in [0, 0.05) is 10.9 Å². The molecule has 0 saturated carbocycles. The summed E-state index contributed by atoms with van der Waals surface area (Å²) in [6.45, 7) is 3.59. The highest BCUT2D eigenvalue weighted by atomic mass is 35.5. The molecule has 0 amide bonds. The molecule has 1 aromatic carbocycles. The first kappa shape index (κ1) is 14.2. The van der Waals surface area contributed by atoms with Crippen LogP contribution in [0.5, 0.6) is 0 Å². The van der Waals surface area contributed by atoms with E-state index < -0.39 is 15.6 Å². The second-order valence-electron chi connectivity index (χ2n) is 3.99. The van der Waals surface area contributed by atoms with Gasteiger partial charge in [0.25, 0.3) is 0 Å². The molecule has 0 aliphatic carbocycles. The van der Waals surface area contributed by atoms with E-state index in [4.69, 9.17) is 11.6 Å². The second kappa shape index (κ2) is 5.65. The van der Waals surface area contributed by atoms with Crippen LogP contribution in [0.4, 0.5) is 0 Å². The molecule has 0 N–H and O–H groups in total. The van der Waals surface area contributed by atoms with Gasteiger partial charge in [-0.15, -0.1) is 0 Å². The third kappa shape index (κ3) is 3.82. The van der Waals surface area contributed by atoms with Crippen LogP contribution in [0.2, 0.25) is 5.02 Å². The van der Waals surface area contributed by atoms with Crippen molar-refractivity contribution in [1.82, 2.24) is 0 Å². The van der Waals surface area contributed by atoms with Gasteiger partial charge in [-0.2, -0.15) is 0 Å². The summed E-state index contributed by atoms with van der Waals surface area (Å²) in [5, 5.41) is 0.470. The maximum absolute atomic E-state index is 11.9. The molecule has 1 atom stereocenters. The van der Waals surface area contributed by atoms with Crippen LogP contribution in [0.15, 0.2) is 29.2 Å². The molecule has 0 aromatic heterocycles. The number of Topliss-reactive ketones (excluding diaryl/α,β-unsaturated/α-hetero) is 1. The van der Waals surface area contributed by atoms with Crippen molar-refractivity contribution < 1.29 is 13.2 Å². The van der Waals surface area contributed by atoms with Gasteiger partial charge in [0.05, 0.1) is 4.90 Å². The van der Waals surface area contributed by atoms with E-state index in [2.05, 4.69) is 0 Å². The third-order valence-corrected chi connectivity index (χ3v) is 4.57. The monoisotopic (exact) mass is 274 g/mol. The molecule has 1 aromatic rings. The topological polar surface area (TPSA) is 51.2 Å². The summed E-state index contributed by atoms with van der Waals surface area (Å²) in [5.41, 5.74) is 0. The maximum atomic E-state index is 11.9. The van der Waals surface area contributed by atoms with Crippen molar-refractivity contribution >= 4 is 27.2 Å². The van der Waals surface area contributed by atoms with Crippen molar-refractivity contribution in [2.45, 2.75) is 25.2 Å². The van der Waals surface area contributed by atoms with Gasteiger partial charge in [-0.3, -0.25) is 4.79 Å². The Hall–Kier alpha value is -0.870. The number of ketones is 1. The number of benzene rings is 1. The van der Waals surface area contributed by atoms with Crippen molar-refractivity contribution in [2.75, 3.05) is 5.75 Å². The van der Waals surface area contributed by atoms with Gasteiger partial charge < -0.3 is 0 Å². The van der Waals surface area contributed by atoms with Crippen LogP contribution in [-0.4, -0.2) is 20.0 Å². The summed E-state index contributed by atoms with van der Waals surface area (Å²) < 4.78 is 23.8. The van der Waals surface area contributed by atoms with Crippen LogP contribution in [0.25, 0.3) is 0 Å². The molecule has 0 saturated heterocycles. The number of carbonyl (C=O) groups excluding carboxylic acids is 1. The van der Waals surface area contributed by atoms with Crippen molar-refractivity contribution in [2.24, 2.45) is 5.92 Å². The summed E-state index contributed by atoms with van der Waals surface area (Å²) in [4.78, 5) is 11.8. The summed E-state index contributed by atoms with van der Waals surface area (Å²) in [7, 11) is -3.54. The number of carbonyl (C=O) groups is 1. The molecule has 0 fully saturated rings. The minimum absolute atomic E-state index is 0.138. The zero-order chi connectivity index (χ0) is 13.1. The van der Waals surface area contributed by atoms with E-state index in [-0.39, 0.29) is 16.6 Å². The molecule has 0 aliphatic heterocycles. The lowest BCUT2D eigenvalue weighted by atomic mass is 10.1. The highest BCUT2D eigenvalue weighted by Crippen LogP contribution is 2.16. The first-order valence-electron chi connectivity index (χ1n) is 5.38. The fourth-order valence-corrected chi connectivity index (χ4v) is 2.78. The minimum Gasteiger partial charge on any atom is -0.298 e. The molecular weight excluding hydrogens is 260 g/mol. The lowest BCUT2D eigenvalue weighted by molar-refractivity contribution is -0.119. The number of sulfone groups is 1. The Kier molecular flexibility index (Phi) is 4.71. The number of hydrogen-bond acceptors (Lipinski definition) is 3. The molecule has 1 rings (SSSR count).